The molecule has 0 fully saturated rings. The van der Waals surface area contributed by atoms with E-state index < -0.39 is 0 Å². The molecule has 0 aliphatic rings. The second-order valence-corrected chi connectivity index (χ2v) is 5.33. The van der Waals surface area contributed by atoms with Crippen LogP contribution in [0, 0.1) is 5.82 Å². The zero-order valence-corrected chi connectivity index (χ0v) is 12.7. The maximum Gasteiger partial charge on any atom is 0.171 e. The Balaban J connectivity index is 1.70. The second-order valence-electron chi connectivity index (χ2n) is 4.93. The van der Waals surface area contributed by atoms with Gasteiger partial charge >= 0.3 is 0 Å². The van der Waals surface area contributed by atoms with E-state index in [4.69, 9.17) is 12.2 Å². The molecular weight excluding hydrogens is 295 g/mol. The van der Waals surface area contributed by atoms with Gasteiger partial charge < -0.3 is 10.6 Å². The van der Waals surface area contributed by atoms with Gasteiger partial charge in [0.2, 0.25) is 0 Å². The van der Waals surface area contributed by atoms with Crippen LogP contribution in [0.5, 0.6) is 0 Å². The first-order chi connectivity index (χ1) is 10.7. The summed E-state index contributed by atoms with van der Waals surface area (Å²) >= 11 is 5.30. The highest BCUT2D eigenvalue weighted by Gasteiger charge is 2.04. The first kappa shape index (κ1) is 14.5. The molecule has 4 heteroatoms. The first-order valence-corrected chi connectivity index (χ1v) is 7.41. The van der Waals surface area contributed by atoms with E-state index in [1.165, 1.54) is 6.07 Å². The molecule has 0 atom stereocenters. The summed E-state index contributed by atoms with van der Waals surface area (Å²) in [7, 11) is 0. The molecule has 0 saturated carbocycles. The fourth-order valence-corrected chi connectivity index (χ4v) is 2.50. The molecule has 3 aromatic carbocycles. The zero-order valence-electron chi connectivity index (χ0n) is 11.8. The summed E-state index contributed by atoms with van der Waals surface area (Å²) in [6.07, 6.45) is 0. The van der Waals surface area contributed by atoms with Crippen LogP contribution in [0.2, 0.25) is 0 Å². The third kappa shape index (κ3) is 3.23. The van der Waals surface area contributed by atoms with Crippen molar-refractivity contribution >= 4 is 33.8 Å². The molecular formula is C18H15FN2S. The molecule has 0 spiro atoms. The summed E-state index contributed by atoms with van der Waals surface area (Å²) in [5.41, 5.74) is 1.52. The zero-order chi connectivity index (χ0) is 15.4. The summed E-state index contributed by atoms with van der Waals surface area (Å²) < 4.78 is 13.6. The summed E-state index contributed by atoms with van der Waals surface area (Å²) in [5.74, 6) is -0.233. The van der Waals surface area contributed by atoms with Gasteiger partial charge in [-0.15, -0.1) is 0 Å². The van der Waals surface area contributed by atoms with Crippen LogP contribution in [0.1, 0.15) is 5.56 Å². The van der Waals surface area contributed by atoms with Gasteiger partial charge in [-0.25, -0.2) is 4.39 Å². The van der Waals surface area contributed by atoms with Crippen LogP contribution in [-0.2, 0) is 6.54 Å². The Morgan fingerprint density at radius 3 is 2.50 bits per heavy atom. The molecule has 2 N–H and O–H groups in total. The largest absolute Gasteiger partial charge is 0.358 e. The molecule has 0 bridgehead atoms. The van der Waals surface area contributed by atoms with Crippen molar-refractivity contribution < 1.29 is 4.39 Å². The van der Waals surface area contributed by atoms with Gasteiger partial charge in [0, 0.05) is 23.2 Å². The molecule has 0 saturated heterocycles. The monoisotopic (exact) mass is 310 g/mol. The number of hydrogen-bond acceptors (Lipinski definition) is 1. The fraction of sp³-hybridized carbons (Fsp3) is 0.0556. The topological polar surface area (TPSA) is 24.1 Å². The fourth-order valence-electron chi connectivity index (χ4n) is 2.32. The van der Waals surface area contributed by atoms with Crippen LogP contribution < -0.4 is 10.6 Å². The molecule has 3 aromatic rings. The lowest BCUT2D eigenvalue weighted by Gasteiger charge is -2.13. The van der Waals surface area contributed by atoms with Gasteiger partial charge in [-0.1, -0.05) is 54.6 Å². The van der Waals surface area contributed by atoms with Crippen molar-refractivity contribution in [2.75, 3.05) is 5.32 Å². The SMILES string of the molecule is Fc1ccccc1CNC(=S)Nc1cccc2ccccc12. The molecule has 0 amide bonds. The number of halogens is 1. The van der Waals surface area contributed by atoms with Gasteiger partial charge in [0.25, 0.3) is 0 Å². The number of thiocarbonyl (C=S) groups is 1. The van der Waals surface area contributed by atoms with Gasteiger partial charge in [-0.05, 0) is 29.7 Å². The molecule has 0 heterocycles. The van der Waals surface area contributed by atoms with E-state index in [1.807, 2.05) is 30.3 Å². The van der Waals surface area contributed by atoms with E-state index in [9.17, 15) is 4.39 Å². The van der Waals surface area contributed by atoms with E-state index in [2.05, 4.69) is 22.8 Å². The predicted octanol–water partition coefficient (Wildman–Crippen LogP) is 4.47. The molecule has 0 unspecified atom stereocenters. The number of fused-ring (bicyclic) bond motifs is 1. The molecule has 0 aliphatic carbocycles. The Morgan fingerprint density at radius 1 is 0.909 bits per heavy atom. The predicted molar refractivity (Wildman–Crippen MR) is 93.4 cm³/mol. The minimum atomic E-state index is -0.233. The third-order valence-corrected chi connectivity index (χ3v) is 3.68. The van der Waals surface area contributed by atoms with Crippen molar-refractivity contribution in [3.63, 3.8) is 0 Å². The molecule has 0 aromatic heterocycles. The summed E-state index contributed by atoms with van der Waals surface area (Å²) in [6, 6.07) is 20.7. The highest BCUT2D eigenvalue weighted by Crippen LogP contribution is 2.22. The van der Waals surface area contributed by atoms with Crippen molar-refractivity contribution in [3.8, 4) is 0 Å². The highest BCUT2D eigenvalue weighted by atomic mass is 32.1. The van der Waals surface area contributed by atoms with Crippen LogP contribution in [-0.4, -0.2) is 5.11 Å². The lowest BCUT2D eigenvalue weighted by molar-refractivity contribution is 0.606. The number of anilines is 1. The van der Waals surface area contributed by atoms with Gasteiger partial charge in [-0.3, -0.25) is 0 Å². The van der Waals surface area contributed by atoms with Crippen LogP contribution in [0.15, 0.2) is 66.7 Å². The van der Waals surface area contributed by atoms with E-state index in [0.717, 1.165) is 16.5 Å². The normalized spacial score (nSPS) is 10.4. The lowest BCUT2D eigenvalue weighted by atomic mass is 10.1. The van der Waals surface area contributed by atoms with Crippen molar-refractivity contribution in [3.05, 3.63) is 78.1 Å². The minimum Gasteiger partial charge on any atom is -0.358 e. The average Bonchev–Trinajstić information content (AvgIpc) is 2.54. The number of nitrogens with one attached hydrogen (secondary N) is 2. The van der Waals surface area contributed by atoms with Crippen molar-refractivity contribution in [1.29, 1.82) is 0 Å². The second kappa shape index (κ2) is 6.54. The van der Waals surface area contributed by atoms with Crippen LogP contribution in [0.4, 0.5) is 10.1 Å². The van der Waals surface area contributed by atoms with Crippen molar-refractivity contribution in [2.24, 2.45) is 0 Å². The van der Waals surface area contributed by atoms with Gasteiger partial charge in [0.05, 0.1) is 0 Å². The van der Waals surface area contributed by atoms with E-state index >= 15 is 0 Å². The summed E-state index contributed by atoms with van der Waals surface area (Å²) in [6.45, 7) is 0.350. The summed E-state index contributed by atoms with van der Waals surface area (Å²) in [4.78, 5) is 0. The molecule has 3 rings (SSSR count). The smallest absolute Gasteiger partial charge is 0.171 e. The number of rotatable bonds is 3. The molecule has 0 radical (unpaired) electrons. The van der Waals surface area contributed by atoms with E-state index in [0.29, 0.717) is 17.2 Å². The van der Waals surface area contributed by atoms with Gasteiger partial charge in [0.15, 0.2) is 5.11 Å². The maximum atomic E-state index is 13.6. The summed E-state index contributed by atoms with van der Waals surface area (Å²) in [5, 5.41) is 8.92. The average molecular weight is 310 g/mol. The van der Waals surface area contributed by atoms with E-state index in [-0.39, 0.29) is 5.82 Å². The van der Waals surface area contributed by atoms with Crippen molar-refractivity contribution in [1.82, 2.24) is 5.32 Å². The van der Waals surface area contributed by atoms with Crippen LogP contribution in [0.25, 0.3) is 10.8 Å². The highest BCUT2D eigenvalue weighted by molar-refractivity contribution is 7.80. The number of hydrogen-bond donors (Lipinski definition) is 2. The Kier molecular flexibility index (Phi) is 4.30. The van der Waals surface area contributed by atoms with Gasteiger partial charge in [0.1, 0.15) is 5.82 Å². The lowest BCUT2D eigenvalue weighted by Crippen LogP contribution is -2.28. The quantitative estimate of drug-likeness (QED) is 0.698. The van der Waals surface area contributed by atoms with Crippen LogP contribution in [0.3, 0.4) is 0 Å². The molecule has 22 heavy (non-hydrogen) atoms. The Morgan fingerprint density at radius 2 is 1.64 bits per heavy atom. The standard InChI is InChI=1S/C18H15FN2S/c19-16-10-4-2-7-14(16)12-20-18(22)21-17-11-5-8-13-6-1-3-9-15(13)17/h1-11H,12H2,(H2,20,21,22). The maximum absolute atomic E-state index is 13.6. The Labute approximate surface area is 134 Å². The third-order valence-electron chi connectivity index (χ3n) is 3.44. The molecule has 0 aliphatic heterocycles. The molecule has 2 nitrogen and oxygen atoms in total. The van der Waals surface area contributed by atoms with Crippen LogP contribution >= 0.6 is 12.2 Å². The Hall–Kier alpha value is -2.46. The van der Waals surface area contributed by atoms with Gasteiger partial charge in [-0.2, -0.15) is 0 Å². The molecule has 110 valence electrons. The number of benzene rings is 3. The Bertz CT molecular complexity index is 812. The van der Waals surface area contributed by atoms with Crippen molar-refractivity contribution in [2.45, 2.75) is 6.54 Å². The van der Waals surface area contributed by atoms with E-state index in [1.54, 1.807) is 18.2 Å². The first-order valence-electron chi connectivity index (χ1n) is 7.00. The minimum absolute atomic E-state index is 0.233.